The van der Waals surface area contributed by atoms with Crippen LogP contribution in [0.3, 0.4) is 0 Å². The zero-order chi connectivity index (χ0) is 14.5. The van der Waals surface area contributed by atoms with Crippen LogP contribution in [0.5, 0.6) is 11.5 Å². The van der Waals surface area contributed by atoms with Crippen LogP contribution in [0.25, 0.3) is 0 Å². The van der Waals surface area contributed by atoms with Crippen molar-refractivity contribution in [1.29, 1.82) is 0 Å². The quantitative estimate of drug-likeness (QED) is 0.382. The van der Waals surface area contributed by atoms with Gasteiger partial charge in [-0.05, 0) is 67.1 Å². The van der Waals surface area contributed by atoms with Gasteiger partial charge in [-0.25, -0.2) is 0 Å². The lowest BCUT2D eigenvalue weighted by Crippen LogP contribution is -1.95. The fraction of sp³-hybridized carbons (Fsp3) is 0.250. The first-order valence-electron chi connectivity index (χ1n) is 6.70. The number of hydrogen-bond acceptors (Lipinski definition) is 4. The molecule has 6 N–H and O–H groups in total. The van der Waals surface area contributed by atoms with Crippen LogP contribution in [0.4, 0.5) is 11.4 Å². The van der Waals surface area contributed by atoms with Crippen LogP contribution in [0.15, 0.2) is 36.4 Å². The van der Waals surface area contributed by atoms with Crippen LogP contribution in [0.2, 0.25) is 0 Å². The highest BCUT2D eigenvalue weighted by Gasteiger charge is 2.01. The summed E-state index contributed by atoms with van der Waals surface area (Å²) < 4.78 is 0. The average Bonchev–Trinajstić information content (AvgIpc) is 2.38. The number of anilines is 2. The second-order valence-electron chi connectivity index (χ2n) is 5.04. The average molecular weight is 272 g/mol. The van der Waals surface area contributed by atoms with Crippen molar-refractivity contribution in [2.24, 2.45) is 0 Å². The van der Waals surface area contributed by atoms with Gasteiger partial charge in [0.2, 0.25) is 0 Å². The van der Waals surface area contributed by atoms with Crippen LogP contribution in [0.1, 0.15) is 24.0 Å². The Balaban J connectivity index is 1.82. The van der Waals surface area contributed by atoms with Crippen molar-refractivity contribution in [1.82, 2.24) is 0 Å². The molecule has 0 spiro atoms. The summed E-state index contributed by atoms with van der Waals surface area (Å²) in [6, 6.07) is 10.6. The molecule has 0 saturated carbocycles. The number of hydrogen-bond donors (Lipinski definition) is 4. The molecule has 20 heavy (non-hydrogen) atoms. The third-order valence-corrected chi connectivity index (χ3v) is 3.26. The molecule has 0 amide bonds. The molecule has 2 rings (SSSR count). The molecule has 0 radical (unpaired) electrons. The molecule has 0 fully saturated rings. The molecule has 0 unspecified atom stereocenters. The molecule has 2 aromatic carbocycles. The topological polar surface area (TPSA) is 92.5 Å². The number of phenols is 2. The van der Waals surface area contributed by atoms with Crippen LogP contribution < -0.4 is 11.5 Å². The van der Waals surface area contributed by atoms with E-state index in [2.05, 4.69) is 0 Å². The van der Waals surface area contributed by atoms with E-state index in [0.29, 0.717) is 11.4 Å². The second kappa shape index (κ2) is 6.19. The molecule has 106 valence electrons. The van der Waals surface area contributed by atoms with Gasteiger partial charge in [0.15, 0.2) is 11.5 Å². The molecule has 0 aliphatic carbocycles. The lowest BCUT2D eigenvalue weighted by Gasteiger charge is -2.06. The smallest absolute Gasteiger partial charge is 0.157 e. The van der Waals surface area contributed by atoms with Crippen molar-refractivity contribution < 1.29 is 10.2 Å². The van der Waals surface area contributed by atoms with Crippen LogP contribution in [-0.4, -0.2) is 10.2 Å². The Kier molecular flexibility index (Phi) is 4.35. The first-order valence-corrected chi connectivity index (χ1v) is 6.70. The van der Waals surface area contributed by atoms with E-state index in [1.165, 1.54) is 6.07 Å². The van der Waals surface area contributed by atoms with Gasteiger partial charge in [0.05, 0.1) is 0 Å². The standard InChI is InChI=1S/C16H20N2O2/c17-13-7-12(8-14(18)10-13)4-2-1-3-11-5-6-15(19)16(20)9-11/h5-10,19-20H,1-4,17-18H2. The van der Waals surface area contributed by atoms with Gasteiger partial charge in [-0.2, -0.15) is 0 Å². The number of unbranched alkanes of at least 4 members (excludes halogenated alkanes) is 1. The Bertz CT molecular complexity index is 577. The highest BCUT2D eigenvalue weighted by molar-refractivity contribution is 5.54. The Labute approximate surface area is 118 Å². The Morgan fingerprint density at radius 2 is 1.30 bits per heavy atom. The van der Waals surface area contributed by atoms with Crippen molar-refractivity contribution in [2.75, 3.05) is 11.5 Å². The number of benzene rings is 2. The fourth-order valence-electron chi connectivity index (χ4n) is 2.27. The van der Waals surface area contributed by atoms with Crippen molar-refractivity contribution in [3.05, 3.63) is 47.5 Å². The van der Waals surface area contributed by atoms with Crippen LogP contribution >= 0.6 is 0 Å². The number of nitrogens with two attached hydrogens (primary N) is 2. The Hall–Kier alpha value is -2.36. The summed E-state index contributed by atoms with van der Waals surface area (Å²) in [5.74, 6) is -0.143. The summed E-state index contributed by atoms with van der Waals surface area (Å²) >= 11 is 0. The van der Waals surface area contributed by atoms with E-state index < -0.39 is 0 Å². The number of phenolic OH excluding ortho intramolecular Hbond substituents is 2. The normalized spacial score (nSPS) is 10.6. The zero-order valence-electron chi connectivity index (χ0n) is 11.3. The minimum Gasteiger partial charge on any atom is -0.504 e. The highest BCUT2D eigenvalue weighted by Crippen LogP contribution is 2.25. The van der Waals surface area contributed by atoms with E-state index in [1.54, 1.807) is 12.1 Å². The summed E-state index contributed by atoms with van der Waals surface area (Å²) in [7, 11) is 0. The summed E-state index contributed by atoms with van der Waals surface area (Å²) in [4.78, 5) is 0. The Morgan fingerprint density at radius 1 is 0.700 bits per heavy atom. The maximum atomic E-state index is 9.42. The molecule has 4 nitrogen and oxygen atoms in total. The van der Waals surface area contributed by atoms with Gasteiger partial charge in [-0.3, -0.25) is 0 Å². The minimum atomic E-state index is -0.0796. The van der Waals surface area contributed by atoms with Gasteiger partial charge in [-0.15, -0.1) is 0 Å². The predicted octanol–water partition coefficient (Wildman–Crippen LogP) is 2.83. The summed E-state index contributed by atoms with van der Waals surface area (Å²) in [6.07, 6.45) is 3.81. The minimum absolute atomic E-state index is 0.0638. The van der Waals surface area contributed by atoms with Gasteiger partial charge < -0.3 is 21.7 Å². The van der Waals surface area contributed by atoms with Crippen molar-refractivity contribution in [2.45, 2.75) is 25.7 Å². The number of aromatic hydroxyl groups is 2. The fourth-order valence-corrected chi connectivity index (χ4v) is 2.27. The van der Waals surface area contributed by atoms with E-state index >= 15 is 0 Å². The molecular weight excluding hydrogens is 252 g/mol. The van der Waals surface area contributed by atoms with E-state index in [4.69, 9.17) is 11.5 Å². The third kappa shape index (κ3) is 3.82. The zero-order valence-corrected chi connectivity index (χ0v) is 11.3. The van der Waals surface area contributed by atoms with E-state index in [9.17, 15) is 10.2 Å². The summed E-state index contributed by atoms with van der Waals surface area (Å²) in [5.41, 5.74) is 15.1. The van der Waals surface area contributed by atoms with Gasteiger partial charge in [0.25, 0.3) is 0 Å². The second-order valence-corrected chi connectivity index (χ2v) is 5.04. The van der Waals surface area contributed by atoms with E-state index in [0.717, 1.165) is 36.8 Å². The molecule has 0 aliphatic rings. The maximum Gasteiger partial charge on any atom is 0.157 e. The van der Waals surface area contributed by atoms with Gasteiger partial charge in [-0.1, -0.05) is 6.07 Å². The van der Waals surface area contributed by atoms with Crippen molar-refractivity contribution >= 4 is 11.4 Å². The SMILES string of the molecule is Nc1cc(N)cc(CCCCc2ccc(O)c(O)c2)c1. The van der Waals surface area contributed by atoms with Gasteiger partial charge >= 0.3 is 0 Å². The predicted molar refractivity (Wildman–Crippen MR) is 81.7 cm³/mol. The molecule has 0 heterocycles. The van der Waals surface area contributed by atoms with Crippen molar-refractivity contribution in [3.63, 3.8) is 0 Å². The lowest BCUT2D eigenvalue weighted by atomic mass is 10.0. The molecule has 0 aromatic heterocycles. The molecule has 0 atom stereocenters. The summed E-state index contributed by atoms with van der Waals surface area (Å²) in [6.45, 7) is 0. The molecule has 0 saturated heterocycles. The third-order valence-electron chi connectivity index (χ3n) is 3.26. The monoisotopic (exact) mass is 272 g/mol. The lowest BCUT2D eigenvalue weighted by molar-refractivity contribution is 0.403. The van der Waals surface area contributed by atoms with Crippen LogP contribution in [-0.2, 0) is 12.8 Å². The molecule has 0 aliphatic heterocycles. The largest absolute Gasteiger partial charge is 0.504 e. The molecular formula is C16H20N2O2. The van der Waals surface area contributed by atoms with E-state index in [-0.39, 0.29) is 11.5 Å². The molecule has 4 heteroatoms. The number of rotatable bonds is 5. The van der Waals surface area contributed by atoms with Gasteiger partial charge in [0.1, 0.15) is 0 Å². The Morgan fingerprint density at radius 3 is 1.90 bits per heavy atom. The first-order chi connectivity index (χ1) is 9.54. The molecule has 2 aromatic rings. The van der Waals surface area contributed by atoms with Crippen LogP contribution in [0, 0.1) is 0 Å². The van der Waals surface area contributed by atoms with Gasteiger partial charge in [0, 0.05) is 11.4 Å². The molecule has 0 bridgehead atoms. The number of nitrogen functional groups attached to an aromatic ring is 2. The highest BCUT2D eigenvalue weighted by atomic mass is 16.3. The van der Waals surface area contributed by atoms with Crippen molar-refractivity contribution in [3.8, 4) is 11.5 Å². The van der Waals surface area contributed by atoms with E-state index in [1.807, 2.05) is 18.2 Å². The first kappa shape index (κ1) is 14.1. The number of aryl methyl sites for hydroxylation is 2. The maximum absolute atomic E-state index is 9.42. The summed E-state index contributed by atoms with van der Waals surface area (Å²) in [5, 5.41) is 18.7.